The van der Waals surface area contributed by atoms with Crippen molar-refractivity contribution >= 4 is 12.0 Å². The molecular weight excluding hydrogens is 174 g/mol. The largest absolute Gasteiger partial charge is 0.859 e. The summed E-state index contributed by atoms with van der Waals surface area (Å²) in [6, 6.07) is 6.09. The van der Waals surface area contributed by atoms with E-state index in [4.69, 9.17) is 5.41 Å². The molecule has 0 heterocycles. The molecule has 0 amide bonds. The molecule has 1 N–H and O–H groups in total. The van der Waals surface area contributed by atoms with E-state index in [0.29, 0.717) is 0 Å². The minimum absolute atomic E-state index is 0.660. The van der Waals surface area contributed by atoms with Crippen molar-refractivity contribution in [3.8, 4) is 0 Å². The minimum atomic E-state index is -0.660. The maximum absolute atomic E-state index is 10.5. The second-order valence-electron chi connectivity index (χ2n) is 3.25. The molecule has 1 aromatic rings. The molecule has 0 aromatic heterocycles. The van der Waals surface area contributed by atoms with Crippen LogP contribution in [0, 0.1) is 12.3 Å². The minimum Gasteiger partial charge on any atom is -0.859 e. The van der Waals surface area contributed by atoms with E-state index in [9.17, 15) is 5.11 Å². The fourth-order valence-corrected chi connectivity index (χ4v) is 1.37. The van der Waals surface area contributed by atoms with E-state index in [0.717, 1.165) is 12.0 Å². The van der Waals surface area contributed by atoms with Gasteiger partial charge in [0.1, 0.15) is 0 Å². The van der Waals surface area contributed by atoms with Crippen LogP contribution in [0.25, 0.3) is 6.08 Å². The van der Waals surface area contributed by atoms with Crippen LogP contribution >= 0.6 is 0 Å². The monoisotopic (exact) mass is 188 g/mol. The zero-order valence-corrected chi connectivity index (χ0v) is 8.50. The molecule has 1 aromatic carbocycles. The molecule has 0 unspecified atom stereocenters. The maximum atomic E-state index is 10.5. The van der Waals surface area contributed by atoms with Crippen molar-refractivity contribution in [3.05, 3.63) is 41.0 Å². The van der Waals surface area contributed by atoms with Gasteiger partial charge >= 0.3 is 0 Å². The van der Waals surface area contributed by atoms with Crippen LogP contribution in [0.1, 0.15) is 23.6 Å². The number of aryl methyl sites for hydroxylation is 2. The molecule has 0 bridgehead atoms. The Kier molecular flexibility index (Phi) is 3.46. The van der Waals surface area contributed by atoms with Crippen LogP contribution in [0.15, 0.2) is 24.3 Å². The Labute approximate surface area is 84.4 Å². The average Bonchev–Trinajstić information content (AvgIpc) is 2.15. The van der Waals surface area contributed by atoms with E-state index in [-0.39, 0.29) is 0 Å². The molecule has 0 aliphatic carbocycles. The van der Waals surface area contributed by atoms with Gasteiger partial charge in [0.15, 0.2) is 0 Å². The van der Waals surface area contributed by atoms with E-state index < -0.39 is 5.90 Å². The van der Waals surface area contributed by atoms with Crippen molar-refractivity contribution in [2.45, 2.75) is 20.3 Å². The Bertz CT molecular complexity index is 367. The van der Waals surface area contributed by atoms with Crippen LogP contribution < -0.4 is 5.11 Å². The lowest BCUT2D eigenvalue weighted by Gasteiger charge is -2.05. The number of benzene rings is 1. The van der Waals surface area contributed by atoms with E-state index in [2.05, 4.69) is 13.0 Å². The SMILES string of the molecule is CCc1cc(C)ccc1/C=C/C(=N)[O-]. The normalized spacial score (nSPS) is 10.7. The summed E-state index contributed by atoms with van der Waals surface area (Å²) in [6.07, 6.45) is 3.92. The highest BCUT2D eigenvalue weighted by Crippen LogP contribution is 2.13. The van der Waals surface area contributed by atoms with Gasteiger partial charge in [-0.3, -0.25) is 0 Å². The van der Waals surface area contributed by atoms with Crippen molar-refractivity contribution < 1.29 is 5.11 Å². The summed E-state index contributed by atoms with van der Waals surface area (Å²) in [4.78, 5) is 0. The van der Waals surface area contributed by atoms with Crippen molar-refractivity contribution in [2.24, 2.45) is 0 Å². The Hall–Kier alpha value is -1.57. The first-order valence-corrected chi connectivity index (χ1v) is 4.66. The van der Waals surface area contributed by atoms with E-state index in [1.165, 1.54) is 17.2 Å². The molecule has 0 saturated heterocycles. The Morgan fingerprint density at radius 2 is 2.21 bits per heavy atom. The third-order valence-electron chi connectivity index (χ3n) is 2.09. The molecule has 0 atom stereocenters. The highest BCUT2D eigenvalue weighted by atomic mass is 16.3. The summed E-state index contributed by atoms with van der Waals surface area (Å²) in [7, 11) is 0. The van der Waals surface area contributed by atoms with Gasteiger partial charge in [-0.15, -0.1) is 0 Å². The van der Waals surface area contributed by atoms with Crippen LogP contribution in [0.3, 0.4) is 0 Å². The van der Waals surface area contributed by atoms with Gasteiger partial charge in [-0.25, -0.2) is 0 Å². The Morgan fingerprint density at radius 1 is 1.50 bits per heavy atom. The lowest BCUT2D eigenvalue weighted by molar-refractivity contribution is -0.213. The van der Waals surface area contributed by atoms with Crippen molar-refractivity contribution in [3.63, 3.8) is 0 Å². The van der Waals surface area contributed by atoms with Gasteiger partial charge in [0.2, 0.25) is 0 Å². The number of rotatable bonds is 3. The summed E-state index contributed by atoms with van der Waals surface area (Å²) < 4.78 is 0. The fraction of sp³-hybridized carbons (Fsp3) is 0.250. The summed E-state index contributed by atoms with van der Waals surface area (Å²) >= 11 is 0. The number of hydrogen-bond acceptors (Lipinski definition) is 2. The molecule has 1 rings (SSSR count). The van der Waals surface area contributed by atoms with Crippen molar-refractivity contribution in [1.82, 2.24) is 0 Å². The molecule has 0 fully saturated rings. The van der Waals surface area contributed by atoms with Gasteiger partial charge in [0.25, 0.3) is 0 Å². The molecule has 14 heavy (non-hydrogen) atoms. The lowest BCUT2D eigenvalue weighted by Crippen LogP contribution is -2.11. The van der Waals surface area contributed by atoms with Gasteiger partial charge in [-0.2, -0.15) is 0 Å². The van der Waals surface area contributed by atoms with E-state index in [1.807, 2.05) is 19.1 Å². The number of nitrogens with one attached hydrogen (secondary N) is 1. The summed E-state index contributed by atoms with van der Waals surface area (Å²) in [6.45, 7) is 4.12. The summed E-state index contributed by atoms with van der Waals surface area (Å²) in [5, 5.41) is 17.2. The molecule has 0 aliphatic heterocycles. The first-order chi connectivity index (χ1) is 6.63. The second-order valence-corrected chi connectivity index (χ2v) is 3.25. The smallest absolute Gasteiger partial charge is 0.0223 e. The second kappa shape index (κ2) is 4.61. The molecule has 2 heteroatoms. The van der Waals surface area contributed by atoms with Crippen LogP contribution in [-0.4, -0.2) is 5.90 Å². The zero-order chi connectivity index (χ0) is 10.6. The maximum Gasteiger partial charge on any atom is -0.0223 e. The molecule has 0 aliphatic rings. The van der Waals surface area contributed by atoms with E-state index >= 15 is 0 Å². The Morgan fingerprint density at radius 3 is 2.79 bits per heavy atom. The highest BCUT2D eigenvalue weighted by molar-refractivity contribution is 5.86. The predicted octanol–water partition coefficient (Wildman–Crippen LogP) is 1.91. The van der Waals surface area contributed by atoms with Crippen LogP contribution in [0.4, 0.5) is 0 Å². The summed E-state index contributed by atoms with van der Waals surface area (Å²) in [5.74, 6) is -0.660. The van der Waals surface area contributed by atoms with Crippen molar-refractivity contribution in [2.75, 3.05) is 0 Å². The number of hydrogen-bond donors (Lipinski definition) is 1. The summed E-state index contributed by atoms with van der Waals surface area (Å²) in [5.41, 5.74) is 3.46. The van der Waals surface area contributed by atoms with Gasteiger partial charge in [-0.1, -0.05) is 42.8 Å². The zero-order valence-electron chi connectivity index (χ0n) is 8.50. The topological polar surface area (TPSA) is 46.9 Å². The third-order valence-corrected chi connectivity index (χ3v) is 2.09. The molecule has 74 valence electrons. The predicted molar refractivity (Wildman–Crippen MR) is 57.3 cm³/mol. The highest BCUT2D eigenvalue weighted by Gasteiger charge is 1.96. The molecule has 0 spiro atoms. The van der Waals surface area contributed by atoms with Crippen LogP contribution in [-0.2, 0) is 6.42 Å². The quantitative estimate of drug-likeness (QED) is 0.571. The Balaban J connectivity index is 3.02. The van der Waals surface area contributed by atoms with Gasteiger partial charge in [-0.05, 0) is 30.4 Å². The van der Waals surface area contributed by atoms with Crippen LogP contribution in [0.5, 0.6) is 0 Å². The molecule has 0 radical (unpaired) electrons. The molecule has 2 nitrogen and oxygen atoms in total. The fourth-order valence-electron chi connectivity index (χ4n) is 1.37. The third kappa shape index (κ3) is 2.73. The molecular formula is C12H14NO-. The van der Waals surface area contributed by atoms with Crippen molar-refractivity contribution in [1.29, 1.82) is 5.41 Å². The lowest BCUT2D eigenvalue weighted by atomic mass is 10.0. The van der Waals surface area contributed by atoms with E-state index in [1.54, 1.807) is 6.08 Å². The van der Waals surface area contributed by atoms with Gasteiger partial charge in [0, 0.05) is 0 Å². The molecule has 0 saturated carbocycles. The van der Waals surface area contributed by atoms with Gasteiger partial charge < -0.3 is 10.5 Å². The first-order valence-electron chi connectivity index (χ1n) is 4.66. The van der Waals surface area contributed by atoms with Gasteiger partial charge in [0.05, 0.1) is 0 Å². The standard InChI is InChI=1S/C12H15NO/c1-3-10-8-9(2)4-5-11(10)6-7-12(13)14/h4-8H,3H2,1-2H3,(H2,13,14)/p-1/b7-6+. The average molecular weight is 188 g/mol. The first kappa shape index (κ1) is 10.5. The van der Waals surface area contributed by atoms with Crippen LogP contribution in [0.2, 0.25) is 0 Å².